The zero-order valence-electron chi connectivity index (χ0n) is 14.2. The summed E-state index contributed by atoms with van der Waals surface area (Å²) in [7, 11) is 0. The summed E-state index contributed by atoms with van der Waals surface area (Å²) in [5, 5.41) is 7.87. The molecule has 0 aliphatic heterocycles. The molecule has 24 heavy (non-hydrogen) atoms. The van der Waals surface area contributed by atoms with Gasteiger partial charge in [-0.05, 0) is 28.3 Å². The van der Waals surface area contributed by atoms with Gasteiger partial charge in [-0.3, -0.25) is 9.59 Å². The summed E-state index contributed by atoms with van der Waals surface area (Å²) < 4.78 is 0. The Hall–Kier alpha value is -1.88. The molecule has 0 saturated carbocycles. The van der Waals surface area contributed by atoms with E-state index >= 15 is 0 Å². The molecular weight excluding hydrogens is 368 g/mol. The van der Waals surface area contributed by atoms with Crippen LogP contribution in [0, 0.1) is 5.41 Å². The van der Waals surface area contributed by atoms with Crippen molar-refractivity contribution in [2.75, 3.05) is 11.9 Å². The Morgan fingerprint density at radius 3 is 2.42 bits per heavy atom. The molecule has 0 radical (unpaired) electrons. The lowest BCUT2D eigenvalue weighted by Crippen LogP contribution is -2.39. The zero-order valence-corrected chi connectivity index (χ0v) is 15.8. The van der Waals surface area contributed by atoms with Gasteiger partial charge in [0.15, 0.2) is 0 Å². The van der Waals surface area contributed by atoms with Gasteiger partial charge in [0, 0.05) is 18.7 Å². The maximum Gasteiger partial charge on any atom is 0.234 e. The highest BCUT2D eigenvalue weighted by Crippen LogP contribution is 2.26. The maximum absolute atomic E-state index is 12.0. The van der Waals surface area contributed by atoms with Gasteiger partial charge < -0.3 is 10.6 Å². The van der Waals surface area contributed by atoms with Gasteiger partial charge in [0.1, 0.15) is 0 Å². The molecule has 0 spiro atoms. The zero-order chi connectivity index (χ0) is 17.7. The first-order valence-corrected chi connectivity index (χ1v) is 8.89. The van der Waals surface area contributed by atoms with Gasteiger partial charge in [-0.15, -0.1) is 0 Å². The maximum atomic E-state index is 12.0. The molecule has 5 heteroatoms. The predicted octanol–water partition coefficient (Wildman–Crippen LogP) is 4.09. The molecule has 0 aromatic heterocycles. The van der Waals surface area contributed by atoms with Crippen LogP contribution in [0.2, 0.25) is 0 Å². The van der Waals surface area contributed by atoms with E-state index in [-0.39, 0.29) is 28.5 Å². The van der Waals surface area contributed by atoms with Gasteiger partial charge in [-0.25, -0.2) is 0 Å². The minimum absolute atomic E-state index is 0.0963. The van der Waals surface area contributed by atoms with Crippen LogP contribution < -0.4 is 10.6 Å². The normalized spacial score (nSPS) is 12.7. The van der Waals surface area contributed by atoms with Crippen molar-refractivity contribution in [3.8, 4) is 0 Å². The SMILES string of the molecule is CC(C)(C)C(Br)C(=O)NCCC(=O)Nc1ccc2ccccc2c1. The number of carbonyl (C=O) groups is 2. The molecule has 2 aromatic carbocycles. The smallest absolute Gasteiger partial charge is 0.234 e. The molecule has 2 N–H and O–H groups in total. The van der Waals surface area contributed by atoms with E-state index < -0.39 is 0 Å². The summed E-state index contributed by atoms with van der Waals surface area (Å²) in [6.45, 7) is 6.27. The van der Waals surface area contributed by atoms with Gasteiger partial charge in [0.25, 0.3) is 0 Å². The van der Waals surface area contributed by atoms with Crippen molar-refractivity contribution in [2.45, 2.75) is 32.0 Å². The Morgan fingerprint density at radius 1 is 1.08 bits per heavy atom. The summed E-state index contributed by atoms with van der Waals surface area (Å²) >= 11 is 3.40. The van der Waals surface area contributed by atoms with Crippen LogP contribution in [-0.4, -0.2) is 23.2 Å². The van der Waals surface area contributed by atoms with Crippen molar-refractivity contribution in [3.63, 3.8) is 0 Å². The number of hydrogen-bond acceptors (Lipinski definition) is 2. The van der Waals surface area contributed by atoms with E-state index in [2.05, 4.69) is 26.6 Å². The quantitative estimate of drug-likeness (QED) is 0.755. The minimum atomic E-state index is -0.284. The topological polar surface area (TPSA) is 58.2 Å². The molecule has 1 unspecified atom stereocenters. The lowest BCUT2D eigenvalue weighted by atomic mass is 9.92. The Bertz CT molecular complexity index is 737. The van der Waals surface area contributed by atoms with Crippen LogP contribution in [0.1, 0.15) is 27.2 Å². The standard InChI is InChI=1S/C19H23BrN2O2/c1-19(2,3)17(20)18(24)21-11-10-16(23)22-15-9-8-13-6-4-5-7-14(13)12-15/h4-9,12,17H,10-11H2,1-3H3,(H,21,24)(H,22,23). The first kappa shape index (κ1) is 18.5. The van der Waals surface area contributed by atoms with Crippen LogP contribution in [0.4, 0.5) is 5.69 Å². The third-order valence-electron chi connectivity index (χ3n) is 3.68. The van der Waals surface area contributed by atoms with Gasteiger partial charge in [0.05, 0.1) is 4.83 Å². The highest BCUT2D eigenvalue weighted by Gasteiger charge is 2.28. The van der Waals surface area contributed by atoms with Crippen molar-refractivity contribution >= 4 is 44.2 Å². The number of anilines is 1. The average molecular weight is 391 g/mol. The number of carbonyl (C=O) groups excluding carboxylic acids is 2. The van der Waals surface area contributed by atoms with E-state index in [0.29, 0.717) is 6.54 Å². The molecule has 4 nitrogen and oxygen atoms in total. The molecule has 2 amide bonds. The van der Waals surface area contributed by atoms with E-state index in [1.165, 1.54) is 0 Å². The fourth-order valence-corrected chi connectivity index (χ4v) is 2.43. The molecular formula is C19H23BrN2O2. The molecule has 0 aliphatic rings. The molecule has 2 rings (SSSR count). The molecule has 0 fully saturated rings. The monoisotopic (exact) mass is 390 g/mol. The lowest BCUT2D eigenvalue weighted by Gasteiger charge is -2.24. The van der Waals surface area contributed by atoms with Crippen molar-refractivity contribution in [3.05, 3.63) is 42.5 Å². The van der Waals surface area contributed by atoms with E-state index in [1.54, 1.807) is 0 Å². The Labute approximate surface area is 151 Å². The third kappa shape index (κ3) is 5.06. The number of benzene rings is 2. The first-order valence-electron chi connectivity index (χ1n) is 7.98. The fraction of sp³-hybridized carbons (Fsp3) is 0.368. The van der Waals surface area contributed by atoms with Crippen LogP contribution in [0.5, 0.6) is 0 Å². The van der Waals surface area contributed by atoms with E-state index in [1.807, 2.05) is 63.2 Å². The third-order valence-corrected chi connectivity index (χ3v) is 5.46. The fourth-order valence-electron chi connectivity index (χ4n) is 2.27. The molecule has 0 bridgehead atoms. The Morgan fingerprint density at radius 2 is 1.75 bits per heavy atom. The second kappa shape index (κ2) is 7.79. The molecule has 0 saturated heterocycles. The second-order valence-corrected chi connectivity index (χ2v) is 7.80. The van der Waals surface area contributed by atoms with Gasteiger partial charge in [-0.1, -0.05) is 67.0 Å². The van der Waals surface area contributed by atoms with Gasteiger partial charge in [0.2, 0.25) is 11.8 Å². The number of hydrogen-bond donors (Lipinski definition) is 2. The number of fused-ring (bicyclic) bond motifs is 1. The van der Waals surface area contributed by atoms with Crippen molar-refractivity contribution in [1.82, 2.24) is 5.32 Å². The average Bonchev–Trinajstić information content (AvgIpc) is 2.53. The highest BCUT2D eigenvalue weighted by atomic mass is 79.9. The minimum Gasteiger partial charge on any atom is -0.355 e. The Balaban J connectivity index is 1.83. The van der Waals surface area contributed by atoms with Gasteiger partial charge >= 0.3 is 0 Å². The molecule has 0 heterocycles. The van der Waals surface area contributed by atoms with E-state index in [4.69, 9.17) is 0 Å². The van der Waals surface area contributed by atoms with Gasteiger partial charge in [-0.2, -0.15) is 0 Å². The first-order chi connectivity index (χ1) is 11.3. The molecule has 2 aromatic rings. The summed E-state index contributed by atoms with van der Waals surface area (Å²) in [4.78, 5) is 23.7. The van der Waals surface area contributed by atoms with Crippen molar-refractivity contribution in [1.29, 1.82) is 0 Å². The number of rotatable bonds is 5. The van der Waals surface area contributed by atoms with Crippen molar-refractivity contribution in [2.24, 2.45) is 5.41 Å². The molecule has 1 atom stereocenters. The summed E-state index contributed by atoms with van der Waals surface area (Å²) in [6.07, 6.45) is 0.239. The number of nitrogens with one attached hydrogen (secondary N) is 2. The number of alkyl halides is 1. The second-order valence-electron chi connectivity index (χ2n) is 6.88. The van der Waals surface area contributed by atoms with Crippen molar-refractivity contribution < 1.29 is 9.59 Å². The van der Waals surface area contributed by atoms with Crippen LogP contribution in [0.3, 0.4) is 0 Å². The van der Waals surface area contributed by atoms with Crippen LogP contribution >= 0.6 is 15.9 Å². The number of halogens is 1. The molecule has 128 valence electrons. The highest BCUT2D eigenvalue weighted by molar-refractivity contribution is 9.10. The summed E-state index contributed by atoms with van der Waals surface area (Å²) in [6, 6.07) is 13.8. The number of amides is 2. The predicted molar refractivity (Wildman–Crippen MR) is 102 cm³/mol. The van der Waals surface area contributed by atoms with E-state index in [9.17, 15) is 9.59 Å². The van der Waals surface area contributed by atoms with Crippen LogP contribution in [0.15, 0.2) is 42.5 Å². The lowest BCUT2D eigenvalue weighted by molar-refractivity contribution is -0.122. The Kier molecular flexibility index (Phi) is 5.99. The molecule has 0 aliphatic carbocycles. The largest absolute Gasteiger partial charge is 0.355 e. The van der Waals surface area contributed by atoms with Crippen LogP contribution in [-0.2, 0) is 9.59 Å². The van der Waals surface area contributed by atoms with E-state index in [0.717, 1.165) is 16.5 Å². The summed E-state index contributed by atoms with van der Waals surface area (Å²) in [5.41, 5.74) is 0.593. The van der Waals surface area contributed by atoms with Crippen LogP contribution in [0.25, 0.3) is 10.8 Å². The summed E-state index contributed by atoms with van der Waals surface area (Å²) in [5.74, 6) is -0.214.